The Morgan fingerprint density at radius 1 is 1.43 bits per heavy atom. The number of carbonyl (C=O) groups excluding carboxylic acids is 1. The fourth-order valence-corrected chi connectivity index (χ4v) is 1.66. The second-order valence-electron chi connectivity index (χ2n) is 2.70. The highest BCUT2D eigenvalue weighted by molar-refractivity contribution is 9.11. The van der Waals surface area contributed by atoms with E-state index >= 15 is 0 Å². The van der Waals surface area contributed by atoms with Crippen LogP contribution in [0.5, 0.6) is 0 Å². The molecule has 0 saturated carbocycles. The molecule has 0 fully saturated rings. The van der Waals surface area contributed by atoms with Crippen LogP contribution in [0.25, 0.3) is 0 Å². The average molecular weight is 322 g/mol. The van der Waals surface area contributed by atoms with Crippen LogP contribution in [-0.4, -0.2) is 19.5 Å². The lowest BCUT2D eigenvalue weighted by Gasteiger charge is -2.07. The molecule has 0 aliphatic heterocycles. The molecule has 1 amide bonds. The van der Waals surface area contributed by atoms with E-state index in [0.29, 0.717) is 6.54 Å². The van der Waals surface area contributed by atoms with Crippen molar-refractivity contribution >= 4 is 43.5 Å². The summed E-state index contributed by atoms with van der Waals surface area (Å²) in [7, 11) is 1.73. The van der Waals surface area contributed by atoms with Crippen LogP contribution in [0.2, 0.25) is 0 Å². The zero-order valence-corrected chi connectivity index (χ0v) is 10.8. The minimum atomic E-state index is -0.0636. The van der Waals surface area contributed by atoms with Crippen molar-refractivity contribution in [2.45, 2.75) is 0 Å². The van der Waals surface area contributed by atoms with Crippen LogP contribution >= 0.6 is 31.9 Å². The lowest BCUT2D eigenvalue weighted by atomic mass is 10.3. The van der Waals surface area contributed by atoms with Gasteiger partial charge in [-0.05, 0) is 41.2 Å². The van der Waals surface area contributed by atoms with Gasteiger partial charge in [0.15, 0.2) is 0 Å². The molecule has 76 valence electrons. The summed E-state index contributed by atoms with van der Waals surface area (Å²) in [5.41, 5.74) is 0.764. The molecule has 2 N–H and O–H groups in total. The molecule has 0 unspecified atom stereocenters. The Hall–Kier alpha value is -0.390. The van der Waals surface area contributed by atoms with E-state index in [1.54, 1.807) is 7.05 Å². The van der Waals surface area contributed by atoms with Gasteiger partial charge in [-0.15, -0.1) is 0 Å². The SMILES string of the molecule is CNCC(=O)Nc1cc(Br)ccc1Br. The van der Waals surface area contributed by atoms with E-state index in [2.05, 4.69) is 42.5 Å². The lowest BCUT2D eigenvalue weighted by Crippen LogP contribution is -2.25. The third-order valence-corrected chi connectivity index (χ3v) is 2.72. The van der Waals surface area contributed by atoms with E-state index in [1.165, 1.54) is 0 Å². The molecule has 0 spiro atoms. The summed E-state index contributed by atoms with van der Waals surface area (Å²) < 4.78 is 1.80. The zero-order chi connectivity index (χ0) is 10.6. The molecule has 1 aromatic rings. The highest BCUT2D eigenvalue weighted by atomic mass is 79.9. The van der Waals surface area contributed by atoms with Crippen molar-refractivity contribution in [1.29, 1.82) is 0 Å². The molecule has 0 heterocycles. The Balaban J connectivity index is 2.75. The van der Waals surface area contributed by atoms with Crippen molar-refractivity contribution in [3.05, 3.63) is 27.1 Å². The van der Waals surface area contributed by atoms with Crippen molar-refractivity contribution in [2.24, 2.45) is 0 Å². The van der Waals surface area contributed by atoms with Crippen molar-refractivity contribution < 1.29 is 4.79 Å². The smallest absolute Gasteiger partial charge is 0.238 e. The predicted molar refractivity (Wildman–Crippen MR) is 64.4 cm³/mol. The Morgan fingerprint density at radius 2 is 2.14 bits per heavy atom. The van der Waals surface area contributed by atoms with Crippen LogP contribution in [0, 0.1) is 0 Å². The summed E-state index contributed by atoms with van der Waals surface area (Å²) in [6, 6.07) is 5.62. The molecular formula is C9H10Br2N2O. The second kappa shape index (κ2) is 5.48. The van der Waals surface area contributed by atoms with Crippen LogP contribution < -0.4 is 10.6 Å². The molecule has 0 aliphatic carbocycles. The fraction of sp³-hybridized carbons (Fsp3) is 0.222. The molecular weight excluding hydrogens is 312 g/mol. The minimum Gasteiger partial charge on any atom is -0.324 e. The summed E-state index contributed by atoms with van der Waals surface area (Å²) in [6.45, 7) is 0.305. The van der Waals surface area contributed by atoms with Crippen LogP contribution in [-0.2, 0) is 4.79 Å². The first-order valence-corrected chi connectivity index (χ1v) is 5.61. The van der Waals surface area contributed by atoms with Gasteiger partial charge in [0.05, 0.1) is 12.2 Å². The third kappa shape index (κ3) is 3.40. The highest BCUT2D eigenvalue weighted by Gasteiger charge is 2.04. The van der Waals surface area contributed by atoms with E-state index < -0.39 is 0 Å². The number of benzene rings is 1. The zero-order valence-electron chi connectivity index (χ0n) is 7.60. The van der Waals surface area contributed by atoms with Gasteiger partial charge in [-0.1, -0.05) is 15.9 Å². The molecule has 0 atom stereocenters. The van der Waals surface area contributed by atoms with Crippen LogP contribution in [0.15, 0.2) is 27.1 Å². The van der Waals surface area contributed by atoms with E-state index in [-0.39, 0.29) is 5.91 Å². The number of hydrogen-bond acceptors (Lipinski definition) is 2. The van der Waals surface area contributed by atoms with E-state index in [9.17, 15) is 4.79 Å². The fourth-order valence-electron chi connectivity index (χ4n) is 0.948. The van der Waals surface area contributed by atoms with Gasteiger partial charge in [0, 0.05) is 8.95 Å². The van der Waals surface area contributed by atoms with Crippen molar-refractivity contribution in [3.63, 3.8) is 0 Å². The molecule has 1 rings (SSSR count). The molecule has 0 radical (unpaired) electrons. The van der Waals surface area contributed by atoms with Gasteiger partial charge in [0.1, 0.15) is 0 Å². The normalized spacial score (nSPS) is 9.93. The van der Waals surface area contributed by atoms with E-state index in [1.807, 2.05) is 18.2 Å². The van der Waals surface area contributed by atoms with Gasteiger partial charge in [-0.2, -0.15) is 0 Å². The average Bonchev–Trinajstić information content (AvgIpc) is 2.12. The first-order chi connectivity index (χ1) is 6.63. The maximum Gasteiger partial charge on any atom is 0.238 e. The number of likely N-dealkylation sites (N-methyl/N-ethyl adjacent to an activating group) is 1. The minimum absolute atomic E-state index is 0.0636. The van der Waals surface area contributed by atoms with Crippen LogP contribution in [0.3, 0.4) is 0 Å². The molecule has 0 aliphatic rings. The summed E-state index contributed by atoms with van der Waals surface area (Å²) in [5, 5.41) is 5.56. The second-order valence-corrected chi connectivity index (χ2v) is 4.47. The largest absolute Gasteiger partial charge is 0.324 e. The molecule has 14 heavy (non-hydrogen) atoms. The van der Waals surface area contributed by atoms with Gasteiger partial charge >= 0.3 is 0 Å². The maximum absolute atomic E-state index is 11.3. The van der Waals surface area contributed by atoms with Crippen LogP contribution in [0.4, 0.5) is 5.69 Å². The first-order valence-electron chi connectivity index (χ1n) is 4.03. The Kier molecular flexibility index (Phi) is 4.57. The number of anilines is 1. The van der Waals surface area contributed by atoms with Crippen molar-refractivity contribution in [1.82, 2.24) is 5.32 Å². The molecule has 0 aromatic heterocycles. The number of halogens is 2. The van der Waals surface area contributed by atoms with Gasteiger partial charge in [0.2, 0.25) is 5.91 Å². The summed E-state index contributed by atoms with van der Waals surface area (Å²) in [5.74, 6) is -0.0636. The van der Waals surface area contributed by atoms with Gasteiger partial charge in [-0.3, -0.25) is 4.79 Å². The van der Waals surface area contributed by atoms with Gasteiger partial charge in [0.25, 0.3) is 0 Å². The number of hydrogen-bond donors (Lipinski definition) is 2. The van der Waals surface area contributed by atoms with E-state index in [0.717, 1.165) is 14.6 Å². The molecule has 0 saturated heterocycles. The summed E-state index contributed by atoms with van der Waals surface area (Å²) in [4.78, 5) is 11.3. The van der Waals surface area contributed by atoms with Crippen molar-refractivity contribution in [3.8, 4) is 0 Å². The highest BCUT2D eigenvalue weighted by Crippen LogP contribution is 2.25. The Morgan fingerprint density at radius 3 is 2.79 bits per heavy atom. The summed E-state index contributed by atoms with van der Waals surface area (Å²) in [6.07, 6.45) is 0. The molecule has 0 bridgehead atoms. The number of rotatable bonds is 3. The number of nitrogens with one attached hydrogen (secondary N) is 2. The lowest BCUT2D eigenvalue weighted by molar-refractivity contribution is -0.115. The van der Waals surface area contributed by atoms with Gasteiger partial charge in [-0.25, -0.2) is 0 Å². The number of amides is 1. The maximum atomic E-state index is 11.3. The van der Waals surface area contributed by atoms with Gasteiger partial charge < -0.3 is 10.6 Å². The first kappa shape index (κ1) is 11.7. The number of carbonyl (C=O) groups is 1. The monoisotopic (exact) mass is 320 g/mol. The van der Waals surface area contributed by atoms with Crippen LogP contribution in [0.1, 0.15) is 0 Å². The standard InChI is InChI=1S/C9H10Br2N2O/c1-12-5-9(14)13-8-4-6(10)2-3-7(8)11/h2-4,12H,5H2,1H3,(H,13,14). The Labute approximate surface area is 99.5 Å². The molecule has 1 aromatic carbocycles. The molecule has 5 heteroatoms. The van der Waals surface area contributed by atoms with Crippen molar-refractivity contribution in [2.75, 3.05) is 18.9 Å². The quantitative estimate of drug-likeness (QED) is 0.897. The topological polar surface area (TPSA) is 41.1 Å². The van der Waals surface area contributed by atoms with E-state index in [4.69, 9.17) is 0 Å². The predicted octanol–water partition coefficient (Wildman–Crippen LogP) is 2.37. The Bertz CT molecular complexity index is 342. The molecule has 3 nitrogen and oxygen atoms in total. The third-order valence-electron chi connectivity index (χ3n) is 1.54. The summed E-state index contributed by atoms with van der Waals surface area (Å²) >= 11 is 6.69.